The van der Waals surface area contributed by atoms with Crippen LogP contribution in [0.15, 0.2) is 36.7 Å². The number of aromatic nitrogens is 4. The lowest BCUT2D eigenvalue weighted by Gasteiger charge is -2.07. The molecule has 0 atom stereocenters. The molecule has 202 valence electrons. The molecule has 1 aliphatic heterocycles. The Kier molecular flexibility index (Phi) is 19.1. The fourth-order valence-corrected chi connectivity index (χ4v) is 2.64. The fourth-order valence-electron chi connectivity index (χ4n) is 2.64. The Morgan fingerprint density at radius 2 is 1.69 bits per heavy atom. The molecule has 3 N–H and O–H groups in total. The average molecular weight is 501 g/mol. The number of amides is 1. The van der Waals surface area contributed by atoms with Crippen LogP contribution in [0, 0.1) is 18.3 Å². The first-order valence-corrected chi connectivity index (χ1v) is 12.7. The minimum Gasteiger partial charge on any atom is -0.487 e. The number of nitrogens with one attached hydrogen (secondary N) is 1. The number of ether oxygens (including phenoxy) is 1. The number of nitrogens with zero attached hydrogens (tertiary/aromatic N) is 4. The van der Waals surface area contributed by atoms with E-state index in [4.69, 9.17) is 20.0 Å². The number of aryl methyl sites for hydroxylation is 2. The van der Waals surface area contributed by atoms with Gasteiger partial charge in [-0.25, -0.2) is 0 Å². The summed E-state index contributed by atoms with van der Waals surface area (Å²) in [7, 11) is 1.91. The number of benzene rings is 1. The third-order valence-corrected chi connectivity index (χ3v) is 4.65. The lowest BCUT2D eigenvalue weighted by molar-refractivity contribution is -0.106. The molecule has 1 amide bonds. The number of nitrogens with two attached hydrogens (primary N) is 1. The molecule has 0 saturated carbocycles. The molecule has 3 aromatic rings. The molecule has 4 rings (SSSR count). The molecule has 2 aromatic heterocycles. The molecule has 1 aromatic carbocycles. The van der Waals surface area contributed by atoms with Gasteiger partial charge in [0.2, 0.25) is 6.41 Å². The first kappa shape index (κ1) is 34.7. The Bertz CT molecular complexity index is 1010. The van der Waals surface area contributed by atoms with E-state index in [1.54, 1.807) is 4.68 Å². The van der Waals surface area contributed by atoms with Gasteiger partial charge in [0.1, 0.15) is 12.4 Å². The smallest absolute Gasteiger partial charge is 0.204 e. The Balaban J connectivity index is 0. The average Bonchev–Trinajstić information content (AvgIpc) is 3.45. The van der Waals surface area contributed by atoms with E-state index in [0.29, 0.717) is 12.5 Å². The zero-order valence-corrected chi connectivity index (χ0v) is 24.2. The normalized spacial score (nSPS) is 10.1. The molecular weight excluding hydrogens is 452 g/mol. The molecular formula is C28H48N6O2. The van der Waals surface area contributed by atoms with E-state index in [1.165, 1.54) is 11.1 Å². The van der Waals surface area contributed by atoms with Crippen LogP contribution in [0.5, 0.6) is 5.75 Å². The summed E-state index contributed by atoms with van der Waals surface area (Å²) in [5.74, 6) is 1.40. The van der Waals surface area contributed by atoms with Crippen molar-refractivity contribution in [2.45, 2.75) is 82.4 Å². The summed E-state index contributed by atoms with van der Waals surface area (Å²) in [6, 6.07) is 8.39. The molecule has 1 aliphatic rings. The number of carbonyl (C=O) groups is 1. The lowest BCUT2D eigenvalue weighted by atomic mass is 10.1. The first-order chi connectivity index (χ1) is 17.2. The molecule has 0 fully saturated rings. The second-order valence-corrected chi connectivity index (χ2v) is 7.45. The van der Waals surface area contributed by atoms with Crippen LogP contribution in [0.25, 0.3) is 11.3 Å². The lowest BCUT2D eigenvalue weighted by Crippen LogP contribution is -2.03. The van der Waals surface area contributed by atoms with Crippen LogP contribution in [0.4, 0.5) is 0 Å². The molecule has 0 spiro atoms. The summed E-state index contributed by atoms with van der Waals surface area (Å²) < 4.78 is 9.73. The van der Waals surface area contributed by atoms with Crippen LogP contribution in [-0.2, 0) is 25.0 Å². The molecule has 0 aliphatic carbocycles. The van der Waals surface area contributed by atoms with Gasteiger partial charge in [-0.05, 0) is 37.5 Å². The number of hydrogen-bond donors (Lipinski definition) is 2. The summed E-state index contributed by atoms with van der Waals surface area (Å²) in [6.07, 6.45) is 4.06. The van der Waals surface area contributed by atoms with Crippen LogP contribution in [0.3, 0.4) is 0 Å². The van der Waals surface area contributed by atoms with E-state index < -0.39 is 0 Å². The van der Waals surface area contributed by atoms with Crippen molar-refractivity contribution >= 4 is 12.1 Å². The molecule has 8 heteroatoms. The zero-order valence-electron chi connectivity index (χ0n) is 24.2. The predicted molar refractivity (Wildman–Crippen MR) is 152 cm³/mol. The van der Waals surface area contributed by atoms with E-state index in [1.807, 2.05) is 86.4 Å². The molecule has 8 nitrogen and oxygen atoms in total. The van der Waals surface area contributed by atoms with Gasteiger partial charge in [0.05, 0.1) is 24.1 Å². The Morgan fingerprint density at radius 3 is 2.17 bits per heavy atom. The van der Waals surface area contributed by atoms with E-state index in [2.05, 4.69) is 42.0 Å². The van der Waals surface area contributed by atoms with Crippen LogP contribution in [-0.4, -0.2) is 31.7 Å². The molecule has 0 unspecified atom stereocenters. The summed E-state index contributed by atoms with van der Waals surface area (Å²) in [5.41, 5.74) is 10.4. The second kappa shape index (κ2) is 19.8. The highest BCUT2D eigenvalue weighted by Gasteiger charge is 2.17. The van der Waals surface area contributed by atoms with Gasteiger partial charge in [0, 0.05) is 30.1 Å². The monoisotopic (exact) mass is 500 g/mol. The van der Waals surface area contributed by atoms with Crippen LogP contribution >= 0.6 is 0 Å². The standard InChI is InChI=1S/C16H16N4O.C5H11N.3C2H6.CH3NO/c1-11-3-4-12-9-20-14(10-21-16(12)5-11)6-15(18-20)13-7-17-19(2)8-13;1-4(2)5(3)6;3*1-2;2-1-3/h3-8H,9-10H2,1-2H3;4,6H,1-3H3;3*1-2H3;1H,(H2,2,3). The van der Waals surface area contributed by atoms with Crippen LogP contribution in [0.1, 0.15) is 79.1 Å². The van der Waals surface area contributed by atoms with E-state index in [-0.39, 0.29) is 6.41 Å². The highest BCUT2D eigenvalue weighted by Crippen LogP contribution is 2.28. The van der Waals surface area contributed by atoms with Gasteiger partial charge in [0.15, 0.2) is 0 Å². The maximum atomic E-state index is 8.58. The number of rotatable bonds is 2. The SMILES string of the molecule is CC.CC.CC.CC(=N)C(C)C.Cc1ccc2c(c1)OCc1cc(-c3cnn(C)c3)nn1C2.NC=O. The maximum absolute atomic E-state index is 8.58. The minimum atomic E-state index is 0.250. The van der Waals surface area contributed by atoms with Crippen molar-refractivity contribution in [3.05, 3.63) is 53.5 Å². The quantitative estimate of drug-likeness (QED) is 0.313. The highest BCUT2D eigenvalue weighted by molar-refractivity contribution is 5.80. The van der Waals surface area contributed by atoms with Gasteiger partial charge in [-0.15, -0.1) is 0 Å². The highest BCUT2D eigenvalue weighted by atomic mass is 16.5. The number of primary amides is 1. The van der Waals surface area contributed by atoms with Gasteiger partial charge >= 0.3 is 0 Å². The fraction of sp³-hybridized carbons (Fsp3) is 0.500. The van der Waals surface area contributed by atoms with Crippen molar-refractivity contribution in [2.24, 2.45) is 18.7 Å². The van der Waals surface area contributed by atoms with E-state index >= 15 is 0 Å². The molecule has 0 radical (unpaired) electrons. The van der Waals surface area contributed by atoms with Gasteiger partial charge in [-0.3, -0.25) is 14.2 Å². The predicted octanol–water partition coefficient (Wildman–Crippen LogP) is 6.39. The second-order valence-electron chi connectivity index (χ2n) is 7.45. The van der Waals surface area contributed by atoms with Crippen molar-refractivity contribution in [3.8, 4) is 17.0 Å². The topological polar surface area (TPSA) is 112 Å². The Labute approximate surface area is 218 Å². The Morgan fingerprint density at radius 1 is 1.14 bits per heavy atom. The van der Waals surface area contributed by atoms with Gasteiger partial charge in [-0.1, -0.05) is 67.5 Å². The first-order valence-electron chi connectivity index (χ1n) is 12.7. The summed E-state index contributed by atoms with van der Waals surface area (Å²) in [4.78, 5) is 8.58. The number of carbonyl (C=O) groups excluding carboxylic acids is 1. The van der Waals surface area contributed by atoms with Crippen molar-refractivity contribution in [1.29, 1.82) is 5.41 Å². The maximum Gasteiger partial charge on any atom is 0.204 e. The zero-order chi connectivity index (χ0) is 28.3. The van der Waals surface area contributed by atoms with Crippen LogP contribution < -0.4 is 10.5 Å². The molecule has 0 bridgehead atoms. The van der Waals surface area contributed by atoms with Crippen molar-refractivity contribution in [1.82, 2.24) is 19.6 Å². The van der Waals surface area contributed by atoms with Crippen molar-refractivity contribution in [2.75, 3.05) is 0 Å². The van der Waals surface area contributed by atoms with Crippen molar-refractivity contribution < 1.29 is 9.53 Å². The molecule has 3 heterocycles. The molecule has 36 heavy (non-hydrogen) atoms. The Hall–Kier alpha value is -3.42. The van der Waals surface area contributed by atoms with E-state index in [0.717, 1.165) is 35.0 Å². The third-order valence-electron chi connectivity index (χ3n) is 4.65. The summed E-state index contributed by atoms with van der Waals surface area (Å²) >= 11 is 0. The minimum absolute atomic E-state index is 0.250. The van der Waals surface area contributed by atoms with Gasteiger partial charge < -0.3 is 15.9 Å². The largest absolute Gasteiger partial charge is 0.487 e. The number of hydrogen-bond acceptors (Lipinski definition) is 5. The van der Waals surface area contributed by atoms with Gasteiger partial charge in [0.25, 0.3) is 0 Å². The van der Waals surface area contributed by atoms with Crippen molar-refractivity contribution in [3.63, 3.8) is 0 Å². The van der Waals surface area contributed by atoms with Crippen LogP contribution in [0.2, 0.25) is 0 Å². The summed E-state index contributed by atoms with van der Waals surface area (Å²) in [6.45, 7) is 21.2. The van der Waals surface area contributed by atoms with Gasteiger partial charge in [-0.2, -0.15) is 10.2 Å². The summed E-state index contributed by atoms with van der Waals surface area (Å²) in [5, 5.41) is 15.8. The number of fused-ring (bicyclic) bond motifs is 2. The third kappa shape index (κ3) is 11.8. The molecule has 0 saturated heterocycles. The van der Waals surface area contributed by atoms with E-state index in [9.17, 15) is 0 Å².